The van der Waals surface area contributed by atoms with Gasteiger partial charge < -0.3 is 15.0 Å². The number of aromatic nitrogens is 3. The number of ether oxygens (including phenoxy) is 1. The summed E-state index contributed by atoms with van der Waals surface area (Å²) < 4.78 is 24.0. The Kier molecular flexibility index (Phi) is 5.41. The number of carbonyl (C=O) groups excluding carboxylic acids is 1. The number of nitrogens with one attached hydrogen (secondary N) is 1. The molecule has 3 heterocycles. The van der Waals surface area contributed by atoms with Gasteiger partial charge in [0, 0.05) is 30.7 Å². The van der Waals surface area contributed by atoms with E-state index in [1.165, 1.54) is 17.9 Å². The maximum absolute atomic E-state index is 14.5. The fourth-order valence-electron chi connectivity index (χ4n) is 4.36. The third-order valence-electron chi connectivity index (χ3n) is 6.21. The lowest BCUT2D eigenvalue weighted by atomic mass is 9.80. The van der Waals surface area contributed by atoms with Gasteiger partial charge in [0.1, 0.15) is 22.9 Å². The van der Waals surface area contributed by atoms with Crippen LogP contribution in [0.5, 0.6) is 5.75 Å². The van der Waals surface area contributed by atoms with E-state index in [1.54, 1.807) is 43.3 Å². The zero-order valence-electron chi connectivity index (χ0n) is 18.2. The molecular formula is C24H22FN5O2S. The normalized spacial score (nSPS) is 18.0. The summed E-state index contributed by atoms with van der Waals surface area (Å²) >= 11 is 1.28. The topological polar surface area (TPSA) is 80.2 Å². The van der Waals surface area contributed by atoms with Gasteiger partial charge in [0.05, 0.1) is 23.7 Å². The zero-order chi connectivity index (χ0) is 23.0. The Labute approximate surface area is 194 Å². The molecule has 0 bridgehead atoms. The highest BCUT2D eigenvalue weighted by Gasteiger charge is 2.45. The molecule has 0 spiro atoms. The van der Waals surface area contributed by atoms with Gasteiger partial charge in [-0.25, -0.2) is 14.2 Å². The fraction of sp³-hybridized carbons (Fsp3) is 0.250. The van der Waals surface area contributed by atoms with Gasteiger partial charge in [0.2, 0.25) is 0 Å². The quantitative estimate of drug-likeness (QED) is 0.472. The number of amides is 2. The summed E-state index contributed by atoms with van der Waals surface area (Å²) in [6.07, 6.45) is 3.81. The van der Waals surface area contributed by atoms with Crippen molar-refractivity contribution in [3.8, 4) is 5.75 Å². The number of urea groups is 1. The van der Waals surface area contributed by atoms with Gasteiger partial charge in [-0.05, 0) is 54.2 Å². The molecule has 0 aliphatic carbocycles. The van der Waals surface area contributed by atoms with E-state index in [0.717, 1.165) is 16.0 Å². The number of nitrogens with zero attached hydrogens (tertiary/aromatic N) is 4. The van der Waals surface area contributed by atoms with Gasteiger partial charge in [-0.2, -0.15) is 4.37 Å². The van der Waals surface area contributed by atoms with E-state index in [4.69, 9.17) is 4.74 Å². The Morgan fingerprint density at radius 2 is 2.12 bits per heavy atom. The van der Waals surface area contributed by atoms with Crippen molar-refractivity contribution in [1.82, 2.24) is 19.2 Å². The van der Waals surface area contributed by atoms with Gasteiger partial charge in [0.25, 0.3) is 0 Å². The van der Waals surface area contributed by atoms with Crippen LogP contribution < -0.4 is 10.1 Å². The highest BCUT2D eigenvalue weighted by molar-refractivity contribution is 7.05. The summed E-state index contributed by atoms with van der Waals surface area (Å²) in [7, 11) is 1.58. The molecule has 2 amide bonds. The van der Waals surface area contributed by atoms with E-state index in [1.807, 2.05) is 24.3 Å². The Bertz CT molecular complexity index is 1330. The SMILES string of the molecule is COc1cc(NC(=O)N2CCC(c3ccc(C)c(F)c3)(c3ncns3)C2)c2ncccc2c1. The van der Waals surface area contributed by atoms with Crippen molar-refractivity contribution in [3.05, 3.63) is 76.9 Å². The van der Waals surface area contributed by atoms with Gasteiger partial charge in [-0.3, -0.25) is 4.98 Å². The first-order valence-electron chi connectivity index (χ1n) is 10.5. The lowest BCUT2D eigenvalue weighted by molar-refractivity contribution is 0.220. The molecule has 2 aromatic heterocycles. The molecule has 2 aromatic carbocycles. The molecule has 1 aliphatic heterocycles. The molecule has 9 heteroatoms. The minimum Gasteiger partial charge on any atom is -0.497 e. The summed E-state index contributed by atoms with van der Waals surface area (Å²) in [6.45, 7) is 2.60. The highest BCUT2D eigenvalue weighted by atomic mass is 32.1. The average molecular weight is 464 g/mol. The number of pyridine rings is 1. The number of aryl methyl sites for hydroxylation is 1. The summed E-state index contributed by atoms with van der Waals surface area (Å²) in [5.74, 6) is 0.360. The molecule has 1 saturated heterocycles. The molecular weight excluding hydrogens is 441 g/mol. The van der Waals surface area contributed by atoms with E-state index >= 15 is 0 Å². The van der Waals surface area contributed by atoms with E-state index in [-0.39, 0.29) is 11.8 Å². The second kappa shape index (κ2) is 8.40. The van der Waals surface area contributed by atoms with Crippen LogP contribution in [-0.2, 0) is 5.41 Å². The van der Waals surface area contributed by atoms with Crippen molar-refractivity contribution in [2.45, 2.75) is 18.8 Å². The summed E-state index contributed by atoms with van der Waals surface area (Å²) in [5, 5.41) is 4.63. The van der Waals surface area contributed by atoms with Crippen molar-refractivity contribution in [2.24, 2.45) is 0 Å². The number of carbonyl (C=O) groups is 1. The fourth-order valence-corrected chi connectivity index (χ4v) is 5.11. The number of fused-ring (bicyclic) bond motifs is 1. The van der Waals surface area contributed by atoms with Crippen LogP contribution in [0.4, 0.5) is 14.9 Å². The molecule has 0 saturated carbocycles. The second-order valence-corrected chi connectivity index (χ2v) is 8.92. The number of anilines is 1. The number of hydrogen-bond donors (Lipinski definition) is 1. The molecule has 0 radical (unpaired) electrons. The summed E-state index contributed by atoms with van der Waals surface area (Å²) in [4.78, 5) is 23.9. The number of halogens is 1. The van der Waals surface area contributed by atoms with Crippen LogP contribution in [0.15, 0.2) is 55.0 Å². The number of hydrogen-bond acceptors (Lipinski definition) is 6. The standard InChI is InChI=1S/C24H22FN5O2S/c1-15-5-6-17(11-19(15)25)24(22-27-14-28-33-22)7-9-30(13-24)23(31)29-20-12-18(32-2)10-16-4-3-8-26-21(16)20/h3-6,8,10-12,14H,7,9,13H2,1-2H3,(H,29,31). The molecule has 1 atom stereocenters. The van der Waals surface area contributed by atoms with Crippen LogP contribution in [0.3, 0.4) is 0 Å². The van der Waals surface area contributed by atoms with Crippen molar-refractivity contribution in [2.75, 3.05) is 25.5 Å². The number of methoxy groups -OCH3 is 1. The minimum atomic E-state index is -0.609. The van der Waals surface area contributed by atoms with Crippen molar-refractivity contribution < 1.29 is 13.9 Å². The monoisotopic (exact) mass is 463 g/mol. The van der Waals surface area contributed by atoms with Crippen LogP contribution in [0.2, 0.25) is 0 Å². The van der Waals surface area contributed by atoms with Gasteiger partial charge >= 0.3 is 6.03 Å². The summed E-state index contributed by atoms with van der Waals surface area (Å²) in [5.41, 5.74) is 2.02. The van der Waals surface area contributed by atoms with Crippen LogP contribution in [0.25, 0.3) is 10.9 Å². The van der Waals surface area contributed by atoms with E-state index in [9.17, 15) is 9.18 Å². The summed E-state index contributed by atoms with van der Waals surface area (Å²) in [6, 6.07) is 12.4. The predicted octanol–water partition coefficient (Wildman–Crippen LogP) is 4.77. The Hall–Kier alpha value is -3.59. The van der Waals surface area contributed by atoms with Crippen molar-refractivity contribution >= 4 is 34.2 Å². The number of benzene rings is 2. The molecule has 4 aromatic rings. The Morgan fingerprint density at radius 3 is 2.88 bits per heavy atom. The molecule has 1 unspecified atom stereocenters. The third-order valence-corrected chi connectivity index (χ3v) is 7.08. The first kappa shape index (κ1) is 21.3. The third kappa shape index (κ3) is 3.78. The first-order valence-corrected chi connectivity index (χ1v) is 11.3. The molecule has 168 valence electrons. The highest BCUT2D eigenvalue weighted by Crippen LogP contribution is 2.42. The molecule has 7 nitrogen and oxygen atoms in total. The number of likely N-dealkylation sites (tertiary alicyclic amines) is 1. The van der Waals surface area contributed by atoms with Crippen LogP contribution in [0, 0.1) is 12.7 Å². The second-order valence-electron chi connectivity index (χ2n) is 8.14. The maximum Gasteiger partial charge on any atom is 0.321 e. The van der Waals surface area contributed by atoms with E-state index < -0.39 is 5.41 Å². The first-order chi connectivity index (χ1) is 16.0. The molecule has 1 fully saturated rings. The van der Waals surface area contributed by atoms with Gasteiger partial charge in [-0.15, -0.1) is 0 Å². The smallest absolute Gasteiger partial charge is 0.321 e. The van der Waals surface area contributed by atoms with Crippen LogP contribution in [-0.4, -0.2) is 45.5 Å². The lowest BCUT2D eigenvalue weighted by Gasteiger charge is -2.28. The molecule has 5 rings (SSSR count). The lowest BCUT2D eigenvalue weighted by Crippen LogP contribution is -2.37. The number of rotatable bonds is 4. The predicted molar refractivity (Wildman–Crippen MR) is 125 cm³/mol. The van der Waals surface area contributed by atoms with E-state index in [2.05, 4.69) is 19.7 Å². The molecule has 1 aliphatic rings. The van der Waals surface area contributed by atoms with Crippen LogP contribution in [0.1, 0.15) is 22.6 Å². The Morgan fingerprint density at radius 1 is 1.24 bits per heavy atom. The molecule has 1 N–H and O–H groups in total. The zero-order valence-corrected chi connectivity index (χ0v) is 19.0. The van der Waals surface area contributed by atoms with Gasteiger partial charge in [0.15, 0.2) is 0 Å². The van der Waals surface area contributed by atoms with Crippen molar-refractivity contribution in [1.29, 1.82) is 0 Å². The maximum atomic E-state index is 14.5. The van der Waals surface area contributed by atoms with E-state index in [0.29, 0.717) is 42.0 Å². The van der Waals surface area contributed by atoms with Crippen molar-refractivity contribution in [3.63, 3.8) is 0 Å². The molecule has 33 heavy (non-hydrogen) atoms. The van der Waals surface area contributed by atoms with Crippen LogP contribution >= 0.6 is 11.5 Å². The average Bonchev–Trinajstić information content (AvgIpc) is 3.52. The van der Waals surface area contributed by atoms with Gasteiger partial charge in [-0.1, -0.05) is 18.2 Å². The minimum absolute atomic E-state index is 0.255. The Balaban J connectivity index is 1.46. The largest absolute Gasteiger partial charge is 0.497 e.